The van der Waals surface area contributed by atoms with Gasteiger partial charge in [-0.1, -0.05) is 12.8 Å². The number of nitrogens with one attached hydrogen (secondary N) is 2. The second kappa shape index (κ2) is 9.97. The molecule has 134 valence electrons. The van der Waals surface area contributed by atoms with E-state index in [0.29, 0.717) is 12.3 Å². The maximum absolute atomic E-state index is 11.0. The van der Waals surface area contributed by atoms with E-state index >= 15 is 0 Å². The summed E-state index contributed by atoms with van der Waals surface area (Å²) in [6.07, 6.45) is 6.48. The normalized spacial score (nSPS) is 16.6. The predicted octanol–water partition coefficient (Wildman–Crippen LogP) is 1.31. The lowest BCUT2D eigenvalue weighted by Gasteiger charge is -2.20. The van der Waals surface area contributed by atoms with Gasteiger partial charge in [-0.15, -0.1) is 0 Å². The molecule has 0 radical (unpaired) electrons. The van der Waals surface area contributed by atoms with E-state index in [4.69, 9.17) is 10.2 Å². The van der Waals surface area contributed by atoms with Crippen LogP contribution in [-0.2, 0) is 6.54 Å². The van der Waals surface area contributed by atoms with E-state index in [1.165, 1.54) is 38.8 Å². The standard InChI is InChI=1S/C17H29N5O2/c1-19-17(21-13-14-7-8-15(24-14)16(18)23)20-9-6-12-22-10-4-2-3-5-11-22/h7-8H,2-6,9-13H2,1H3,(H2,18,23)(H2,19,20,21). The molecular weight excluding hydrogens is 306 g/mol. The summed E-state index contributed by atoms with van der Waals surface area (Å²) in [7, 11) is 1.74. The number of nitrogens with two attached hydrogens (primary N) is 1. The Balaban J connectivity index is 1.63. The number of primary amides is 1. The van der Waals surface area contributed by atoms with Crippen molar-refractivity contribution in [1.82, 2.24) is 15.5 Å². The first-order chi connectivity index (χ1) is 11.7. The minimum Gasteiger partial charge on any atom is -0.454 e. The minimum absolute atomic E-state index is 0.173. The van der Waals surface area contributed by atoms with Crippen LogP contribution in [0.1, 0.15) is 48.4 Å². The first-order valence-electron chi connectivity index (χ1n) is 8.74. The Hall–Kier alpha value is -2.02. The molecule has 1 saturated heterocycles. The third-order valence-corrected chi connectivity index (χ3v) is 4.20. The van der Waals surface area contributed by atoms with E-state index in [1.54, 1.807) is 19.2 Å². The predicted molar refractivity (Wildman–Crippen MR) is 95.0 cm³/mol. The average molecular weight is 335 g/mol. The van der Waals surface area contributed by atoms with Crippen LogP contribution >= 0.6 is 0 Å². The molecule has 2 rings (SSSR count). The number of rotatable bonds is 7. The SMILES string of the molecule is CN=C(NCCCN1CCCCCC1)NCc1ccc(C(N)=O)o1. The van der Waals surface area contributed by atoms with Gasteiger partial charge in [0.15, 0.2) is 11.7 Å². The Labute approximate surface area is 143 Å². The zero-order valence-corrected chi connectivity index (χ0v) is 14.5. The fourth-order valence-corrected chi connectivity index (χ4v) is 2.87. The summed E-state index contributed by atoms with van der Waals surface area (Å²) < 4.78 is 5.33. The maximum Gasteiger partial charge on any atom is 0.284 e. The number of furan rings is 1. The second-order valence-electron chi connectivity index (χ2n) is 6.09. The van der Waals surface area contributed by atoms with Gasteiger partial charge < -0.3 is 25.7 Å². The monoisotopic (exact) mass is 335 g/mol. The molecule has 1 aromatic heterocycles. The number of carbonyl (C=O) groups is 1. The largest absolute Gasteiger partial charge is 0.454 e. The van der Waals surface area contributed by atoms with Gasteiger partial charge in [0.2, 0.25) is 0 Å². The quantitative estimate of drug-likeness (QED) is 0.397. The van der Waals surface area contributed by atoms with E-state index in [-0.39, 0.29) is 5.76 Å². The molecular formula is C17H29N5O2. The van der Waals surface area contributed by atoms with Crippen LogP contribution in [0.3, 0.4) is 0 Å². The molecule has 2 heterocycles. The van der Waals surface area contributed by atoms with Crippen LogP contribution in [0.4, 0.5) is 0 Å². The molecule has 0 saturated carbocycles. The van der Waals surface area contributed by atoms with Crippen LogP contribution < -0.4 is 16.4 Å². The average Bonchev–Trinajstić information content (AvgIpc) is 2.91. The third kappa shape index (κ3) is 6.23. The number of hydrogen-bond donors (Lipinski definition) is 3. The topological polar surface area (TPSA) is 95.9 Å². The van der Waals surface area contributed by atoms with Crippen LogP contribution in [0, 0.1) is 0 Å². The summed E-state index contributed by atoms with van der Waals surface area (Å²) in [5.74, 6) is 0.990. The maximum atomic E-state index is 11.0. The number of carbonyl (C=O) groups excluding carboxylic acids is 1. The van der Waals surface area contributed by atoms with Crippen molar-refractivity contribution in [3.05, 3.63) is 23.7 Å². The molecule has 0 atom stereocenters. The fourth-order valence-electron chi connectivity index (χ4n) is 2.87. The molecule has 7 heteroatoms. The van der Waals surface area contributed by atoms with E-state index in [2.05, 4.69) is 20.5 Å². The number of guanidine groups is 1. The first-order valence-corrected chi connectivity index (χ1v) is 8.74. The Morgan fingerprint density at radius 3 is 2.62 bits per heavy atom. The van der Waals surface area contributed by atoms with Crippen LogP contribution in [0.25, 0.3) is 0 Å². The summed E-state index contributed by atoms with van der Waals surface area (Å²) in [4.78, 5) is 17.7. The van der Waals surface area contributed by atoms with Crippen molar-refractivity contribution in [1.29, 1.82) is 0 Å². The van der Waals surface area contributed by atoms with Gasteiger partial charge in [0, 0.05) is 13.6 Å². The zero-order valence-electron chi connectivity index (χ0n) is 14.5. The number of amides is 1. The van der Waals surface area contributed by atoms with Crippen molar-refractivity contribution in [2.45, 2.75) is 38.6 Å². The van der Waals surface area contributed by atoms with Crippen molar-refractivity contribution in [2.24, 2.45) is 10.7 Å². The van der Waals surface area contributed by atoms with E-state index in [1.807, 2.05) is 0 Å². The molecule has 0 aliphatic carbocycles. The summed E-state index contributed by atoms with van der Waals surface area (Å²) in [6.45, 7) is 4.92. The molecule has 1 aliphatic rings. The molecule has 4 N–H and O–H groups in total. The molecule has 1 aromatic rings. The third-order valence-electron chi connectivity index (χ3n) is 4.20. The number of aliphatic imine (C=N–C) groups is 1. The highest BCUT2D eigenvalue weighted by molar-refractivity contribution is 5.89. The van der Waals surface area contributed by atoms with E-state index in [0.717, 1.165) is 25.5 Å². The minimum atomic E-state index is -0.558. The Kier molecular flexibility index (Phi) is 7.61. The molecule has 0 aromatic carbocycles. The lowest BCUT2D eigenvalue weighted by Crippen LogP contribution is -2.38. The molecule has 7 nitrogen and oxygen atoms in total. The summed E-state index contributed by atoms with van der Waals surface area (Å²) >= 11 is 0. The molecule has 0 spiro atoms. The fraction of sp³-hybridized carbons (Fsp3) is 0.647. The van der Waals surface area contributed by atoms with Gasteiger partial charge in [0.1, 0.15) is 5.76 Å². The van der Waals surface area contributed by atoms with Crippen LogP contribution in [0.15, 0.2) is 21.5 Å². The smallest absolute Gasteiger partial charge is 0.284 e. The molecule has 1 aliphatic heterocycles. The number of hydrogen-bond acceptors (Lipinski definition) is 4. The van der Waals surface area contributed by atoms with Gasteiger partial charge in [0.25, 0.3) is 5.91 Å². The van der Waals surface area contributed by atoms with Gasteiger partial charge in [-0.2, -0.15) is 0 Å². The van der Waals surface area contributed by atoms with Gasteiger partial charge in [-0.3, -0.25) is 9.79 Å². The van der Waals surface area contributed by atoms with Gasteiger partial charge in [0.05, 0.1) is 6.54 Å². The van der Waals surface area contributed by atoms with Crippen molar-refractivity contribution >= 4 is 11.9 Å². The van der Waals surface area contributed by atoms with Crippen LogP contribution in [-0.4, -0.2) is 50.0 Å². The number of nitrogens with zero attached hydrogens (tertiary/aromatic N) is 2. The first kappa shape index (κ1) is 18.3. The lowest BCUT2D eigenvalue weighted by atomic mass is 10.2. The van der Waals surface area contributed by atoms with Gasteiger partial charge in [-0.25, -0.2) is 0 Å². The highest BCUT2D eigenvalue weighted by Gasteiger charge is 2.09. The van der Waals surface area contributed by atoms with Gasteiger partial charge >= 0.3 is 0 Å². The second-order valence-corrected chi connectivity index (χ2v) is 6.09. The Bertz CT molecular complexity index is 533. The molecule has 1 fully saturated rings. The molecule has 0 unspecified atom stereocenters. The van der Waals surface area contributed by atoms with Crippen LogP contribution in [0.2, 0.25) is 0 Å². The van der Waals surface area contributed by atoms with Crippen molar-refractivity contribution < 1.29 is 9.21 Å². The zero-order chi connectivity index (χ0) is 17.2. The summed E-state index contributed by atoms with van der Waals surface area (Å²) in [6, 6.07) is 3.32. The van der Waals surface area contributed by atoms with E-state index < -0.39 is 5.91 Å². The van der Waals surface area contributed by atoms with Crippen LogP contribution in [0.5, 0.6) is 0 Å². The van der Waals surface area contributed by atoms with Crippen molar-refractivity contribution in [3.63, 3.8) is 0 Å². The highest BCUT2D eigenvalue weighted by atomic mass is 16.3. The highest BCUT2D eigenvalue weighted by Crippen LogP contribution is 2.09. The van der Waals surface area contributed by atoms with Gasteiger partial charge in [-0.05, 0) is 51.0 Å². The Morgan fingerprint density at radius 1 is 1.25 bits per heavy atom. The molecule has 24 heavy (non-hydrogen) atoms. The van der Waals surface area contributed by atoms with Crippen molar-refractivity contribution in [2.75, 3.05) is 33.2 Å². The molecule has 1 amide bonds. The van der Waals surface area contributed by atoms with E-state index in [9.17, 15) is 4.79 Å². The molecule has 0 bridgehead atoms. The Morgan fingerprint density at radius 2 is 2.00 bits per heavy atom. The summed E-state index contributed by atoms with van der Waals surface area (Å²) in [5.41, 5.74) is 5.17. The van der Waals surface area contributed by atoms with Crippen molar-refractivity contribution in [3.8, 4) is 0 Å². The lowest BCUT2D eigenvalue weighted by molar-refractivity contribution is 0.0972. The summed E-state index contributed by atoms with van der Waals surface area (Å²) in [5, 5.41) is 6.47. The number of likely N-dealkylation sites (tertiary alicyclic amines) is 1.